The van der Waals surface area contributed by atoms with E-state index in [0.29, 0.717) is 23.4 Å². The van der Waals surface area contributed by atoms with E-state index < -0.39 is 23.4 Å². The predicted octanol–water partition coefficient (Wildman–Crippen LogP) is 3.13. The van der Waals surface area contributed by atoms with Crippen LogP contribution in [0.25, 0.3) is 21.5 Å². The molecule has 0 spiro atoms. The first-order chi connectivity index (χ1) is 16.9. The summed E-state index contributed by atoms with van der Waals surface area (Å²) in [6, 6.07) is 22.9. The zero-order valence-corrected chi connectivity index (χ0v) is 18.8. The highest BCUT2D eigenvalue weighted by molar-refractivity contribution is 6.27. The number of hydrogen-bond donors (Lipinski definition) is 3. The minimum absolute atomic E-state index is 0.00589. The summed E-state index contributed by atoms with van der Waals surface area (Å²) in [6.07, 6.45) is 0.00589. The average molecular weight is 466 g/mol. The molecule has 7 heteroatoms. The van der Waals surface area contributed by atoms with Crippen molar-refractivity contribution in [2.45, 2.75) is 13.0 Å². The Kier molecular flexibility index (Phi) is 5.84. The first kappa shape index (κ1) is 22.4. The van der Waals surface area contributed by atoms with Gasteiger partial charge in [0.15, 0.2) is 17.5 Å². The highest BCUT2D eigenvalue weighted by atomic mass is 16.2. The van der Waals surface area contributed by atoms with Crippen LogP contribution < -0.4 is 16.4 Å². The predicted molar refractivity (Wildman–Crippen MR) is 134 cm³/mol. The number of carbonyl (C=O) groups is 4. The zero-order valence-electron chi connectivity index (χ0n) is 18.8. The van der Waals surface area contributed by atoms with E-state index >= 15 is 0 Å². The topological polar surface area (TPSA) is 118 Å². The van der Waals surface area contributed by atoms with Gasteiger partial charge < -0.3 is 16.4 Å². The van der Waals surface area contributed by atoms with Crippen LogP contribution in [0.2, 0.25) is 0 Å². The van der Waals surface area contributed by atoms with Crippen LogP contribution in [0.5, 0.6) is 0 Å². The van der Waals surface area contributed by atoms with Crippen molar-refractivity contribution in [1.82, 2.24) is 5.32 Å². The Balaban J connectivity index is 1.37. The zero-order chi connectivity index (χ0) is 24.5. The molecule has 0 saturated heterocycles. The van der Waals surface area contributed by atoms with Gasteiger partial charge in [-0.05, 0) is 69.1 Å². The molecule has 4 N–H and O–H groups in total. The summed E-state index contributed by atoms with van der Waals surface area (Å²) in [5.41, 5.74) is 8.02. The van der Waals surface area contributed by atoms with Gasteiger partial charge in [-0.25, -0.2) is 0 Å². The van der Waals surface area contributed by atoms with Crippen molar-refractivity contribution >= 4 is 50.6 Å². The first-order valence-electron chi connectivity index (χ1n) is 11.3. The molecule has 0 aromatic heterocycles. The van der Waals surface area contributed by atoms with E-state index in [1.54, 1.807) is 6.07 Å². The Hall–Kier alpha value is -4.36. The molecule has 0 aliphatic heterocycles. The second-order valence-corrected chi connectivity index (χ2v) is 8.75. The number of nitrogens with one attached hydrogen (secondary N) is 2. The maximum Gasteiger partial charge on any atom is 0.238 e. The summed E-state index contributed by atoms with van der Waals surface area (Å²) in [7, 11) is 0. The summed E-state index contributed by atoms with van der Waals surface area (Å²) in [4.78, 5) is 49.0. The van der Waals surface area contributed by atoms with Gasteiger partial charge in [-0.3, -0.25) is 19.2 Å². The smallest absolute Gasteiger partial charge is 0.238 e. The van der Waals surface area contributed by atoms with Crippen molar-refractivity contribution < 1.29 is 19.2 Å². The molecule has 174 valence electrons. The lowest BCUT2D eigenvalue weighted by atomic mass is 9.80. The van der Waals surface area contributed by atoms with Gasteiger partial charge in [0.1, 0.15) is 0 Å². The number of hydrogen-bond acceptors (Lipinski definition) is 5. The number of primary amides is 1. The van der Waals surface area contributed by atoms with Crippen LogP contribution in [-0.4, -0.2) is 29.9 Å². The molecular weight excluding hydrogens is 442 g/mol. The van der Waals surface area contributed by atoms with Gasteiger partial charge in [-0.1, -0.05) is 36.4 Å². The first-order valence-corrected chi connectivity index (χ1v) is 11.3. The van der Waals surface area contributed by atoms with Crippen LogP contribution in [0, 0.1) is 5.92 Å². The van der Waals surface area contributed by atoms with Crippen molar-refractivity contribution in [3.63, 3.8) is 0 Å². The van der Waals surface area contributed by atoms with Gasteiger partial charge >= 0.3 is 0 Å². The average Bonchev–Trinajstić information content (AvgIpc) is 2.82. The van der Waals surface area contributed by atoms with Crippen LogP contribution in [0.4, 0.5) is 5.69 Å². The number of Topliss-reactive ketones (excluding diaryl/α,β-unsaturated/α-hetero) is 2. The number of nitrogens with two attached hydrogens (primary N) is 1. The summed E-state index contributed by atoms with van der Waals surface area (Å²) < 4.78 is 0. The maximum absolute atomic E-state index is 12.8. The Morgan fingerprint density at radius 3 is 2.34 bits per heavy atom. The lowest BCUT2D eigenvalue weighted by molar-refractivity contribution is -0.130. The lowest BCUT2D eigenvalue weighted by Crippen LogP contribution is -2.41. The normalized spacial score (nSPS) is 15.3. The number of rotatable bonds is 6. The maximum atomic E-state index is 12.8. The van der Waals surface area contributed by atoms with Crippen LogP contribution in [-0.2, 0) is 27.3 Å². The van der Waals surface area contributed by atoms with E-state index in [1.807, 2.05) is 66.7 Å². The quantitative estimate of drug-likeness (QED) is 0.299. The van der Waals surface area contributed by atoms with Crippen molar-refractivity contribution in [3.8, 4) is 0 Å². The Bertz CT molecular complexity index is 1510. The molecule has 1 aliphatic carbocycles. The van der Waals surface area contributed by atoms with Gasteiger partial charge in [0.05, 0.1) is 6.54 Å². The molecular formula is C28H23N3O4. The molecule has 0 saturated carbocycles. The molecule has 4 aromatic rings. The van der Waals surface area contributed by atoms with Gasteiger partial charge in [0.25, 0.3) is 0 Å². The monoisotopic (exact) mass is 465 g/mol. The highest BCUT2D eigenvalue weighted by Crippen LogP contribution is 2.31. The van der Waals surface area contributed by atoms with Crippen LogP contribution >= 0.6 is 0 Å². The molecule has 4 aromatic carbocycles. The van der Waals surface area contributed by atoms with Crippen molar-refractivity contribution in [1.29, 1.82) is 0 Å². The fourth-order valence-corrected chi connectivity index (χ4v) is 4.55. The van der Waals surface area contributed by atoms with Crippen LogP contribution in [0.1, 0.15) is 21.5 Å². The lowest BCUT2D eigenvalue weighted by Gasteiger charge is -2.21. The molecule has 2 amide bonds. The Labute approximate surface area is 201 Å². The van der Waals surface area contributed by atoms with Crippen molar-refractivity contribution in [2.75, 3.05) is 11.9 Å². The van der Waals surface area contributed by atoms with Gasteiger partial charge in [-0.2, -0.15) is 0 Å². The molecule has 5 rings (SSSR count). The van der Waals surface area contributed by atoms with E-state index in [4.69, 9.17) is 5.73 Å². The van der Waals surface area contributed by atoms with Crippen LogP contribution in [0.3, 0.4) is 0 Å². The number of carbonyl (C=O) groups excluding carboxylic acids is 4. The van der Waals surface area contributed by atoms with Gasteiger partial charge in [0.2, 0.25) is 11.8 Å². The fraction of sp³-hybridized carbons (Fsp3) is 0.143. The second kappa shape index (κ2) is 9.12. The van der Waals surface area contributed by atoms with Gasteiger partial charge in [0, 0.05) is 24.2 Å². The van der Waals surface area contributed by atoms with Crippen molar-refractivity contribution in [3.05, 3.63) is 89.5 Å². The fourth-order valence-electron chi connectivity index (χ4n) is 4.55. The molecule has 1 unspecified atom stereocenters. The molecule has 7 nitrogen and oxygen atoms in total. The van der Waals surface area contributed by atoms with E-state index in [0.717, 1.165) is 27.1 Å². The number of ketones is 2. The summed E-state index contributed by atoms with van der Waals surface area (Å²) in [6.45, 7) is 0.780. The third-order valence-electron chi connectivity index (χ3n) is 6.26. The summed E-state index contributed by atoms with van der Waals surface area (Å²) >= 11 is 0. The van der Waals surface area contributed by atoms with E-state index in [2.05, 4.69) is 10.6 Å². The number of amides is 2. The summed E-state index contributed by atoms with van der Waals surface area (Å²) in [5, 5.41) is 9.57. The van der Waals surface area contributed by atoms with Crippen molar-refractivity contribution in [2.24, 2.45) is 11.7 Å². The Morgan fingerprint density at radius 1 is 0.857 bits per heavy atom. The van der Waals surface area contributed by atoms with Gasteiger partial charge in [-0.15, -0.1) is 0 Å². The molecule has 0 bridgehead atoms. The number of fused-ring (bicyclic) bond motifs is 3. The molecule has 0 radical (unpaired) electrons. The molecule has 1 atom stereocenters. The largest absolute Gasteiger partial charge is 0.369 e. The van der Waals surface area contributed by atoms with E-state index in [9.17, 15) is 19.2 Å². The van der Waals surface area contributed by atoms with Crippen LogP contribution in [0.15, 0.2) is 72.8 Å². The highest BCUT2D eigenvalue weighted by Gasteiger charge is 2.38. The minimum Gasteiger partial charge on any atom is -0.369 e. The van der Waals surface area contributed by atoms with E-state index in [-0.39, 0.29) is 18.9 Å². The molecule has 35 heavy (non-hydrogen) atoms. The summed E-state index contributed by atoms with van der Waals surface area (Å²) in [5.74, 6) is -3.49. The Morgan fingerprint density at radius 2 is 1.57 bits per heavy atom. The SMILES string of the molecule is NC(=O)C1C(=O)Cc2cc3cc4ccc(NC(=O)CNCc5ccccc5)cc4cc3cc2C1=O. The molecule has 0 heterocycles. The third-order valence-corrected chi connectivity index (χ3v) is 6.26. The second-order valence-electron chi connectivity index (χ2n) is 8.75. The number of benzene rings is 4. The molecule has 0 fully saturated rings. The van der Waals surface area contributed by atoms with E-state index in [1.165, 1.54) is 0 Å². The minimum atomic E-state index is -1.42. The third kappa shape index (κ3) is 4.54. The number of anilines is 1. The molecule has 1 aliphatic rings. The standard InChI is InChI=1S/C28H23N3O4/c29-28(35)26-24(32)13-21-10-18-8-17-6-7-22(11-19(17)9-20(18)12-23(21)27(26)34)31-25(33)15-30-14-16-4-2-1-3-5-16/h1-12,26,30H,13-15H2,(H2,29,35)(H,31,33).